The third-order valence-corrected chi connectivity index (χ3v) is 7.90. The Bertz CT molecular complexity index is 1530. The number of hydrogen-bond acceptors (Lipinski definition) is 6. The van der Waals surface area contributed by atoms with E-state index < -0.39 is 23.9 Å². The number of amides is 2. The van der Waals surface area contributed by atoms with Gasteiger partial charge in [0, 0.05) is 61.8 Å². The van der Waals surface area contributed by atoms with E-state index in [-0.39, 0.29) is 53.0 Å². The minimum Gasteiger partial charge on any atom is -0.488 e. The van der Waals surface area contributed by atoms with Gasteiger partial charge in [0.1, 0.15) is 6.61 Å². The fourth-order valence-electron chi connectivity index (χ4n) is 5.12. The van der Waals surface area contributed by atoms with Crippen LogP contribution in [0, 0.1) is 5.82 Å². The molecule has 0 radical (unpaired) electrons. The number of alkyl halides is 3. The molecule has 0 spiro atoms. The highest BCUT2D eigenvalue weighted by atomic mass is 35.5. The molecular weight excluding hydrogens is 646 g/mol. The number of hydrogen-bond donors (Lipinski definition) is 3. The first-order valence-corrected chi connectivity index (χ1v) is 15.0. The summed E-state index contributed by atoms with van der Waals surface area (Å²) in [4.78, 5) is 34.8. The molecule has 4 rings (SSSR count). The highest BCUT2D eigenvalue weighted by Gasteiger charge is 2.38. The predicted octanol–water partition coefficient (Wildman–Crippen LogP) is 5.64. The number of benzene rings is 3. The Morgan fingerprint density at radius 1 is 1.04 bits per heavy atom. The summed E-state index contributed by atoms with van der Waals surface area (Å²) < 4.78 is 58.1. The first-order chi connectivity index (χ1) is 22.2. The van der Waals surface area contributed by atoms with E-state index in [0.717, 1.165) is 37.1 Å². The second kappa shape index (κ2) is 17.1. The van der Waals surface area contributed by atoms with Crippen molar-refractivity contribution in [1.29, 1.82) is 0 Å². The molecule has 1 heterocycles. The quantitative estimate of drug-likeness (QED) is 0.177. The summed E-state index contributed by atoms with van der Waals surface area (Å²) in [6, 6.07) is 18.6. The molecule has 1 atom stereocenters. The first-order valence-electron chi connectivity index (χ1n) is 14.6. The average molecular weight is 682 g/mol. The van der Waals surface area contributed by atoms with E-state index in [1.807, 2.05) is 35.2 Å². The molecule has 3 aromatic carbocycles. The molecule has 1 fully saturated rings. The molecule has 1 unspecified atom stereocenters. The number of piperidine rings is 1. The molecule has 0 aliphatic carbocycles. The summed E-state index contributed by atoms with van der Waals surface area (Å²) in [5.41, 5.74) is 8.01. The summed E-state index contributed by atoms with van der Waals surface area (Å²) in [5, 5.41) is 11.1. The van der Waals surface area contributed by atoms with Gasteiger partial charge in [-0.25, -0.2) is 9.18 Å². The van der Waals surface area contributed by atoms with Crippen LogP contribution >= 0.6 is 11.6 Å². The molecule has 3 aromatic rings. The van der Waals surface area contributed by atoms with E-state index in [1.165, 1.54) is 19.2 Å². The smallest absolute Gasteiger partial charge is 0.488 e. The second-order valence-electron chi connectivity index (χ2n) is 10.7. The number of nitrogens with zero attached hydrogens (tertiary/aromatic N) is 1. The van der Waals surface area contributed by atoms with Gasteiger partial charge in [-0.3, -0.25) is 9.59 Å². The van der Waals surface area contributed by atoms with Gasteiger partial charge in [-0.1, -0.05) is 48.0 Å². The van der Waals surface area contributed by atoms with E-state index in [1.54, 1.807) is 13.0 Å². The number of aliphatic carboxylic acids is 1. The summed E-state index contributed by atoms with van der Waals surface area (Å²) in [5.74, 6) is -4.23. The van der Waals surface area contributed by atoms with Crippen LogP contribution in [0.2, 0.25) is 5.02 Å². The maximum atomic E-state index is 15.8. The zero-order valence-corrected chi connectivity index (χ0v) is 26.5. The lowest BCUT2D eigenvalue weighted by Crippen LogP contribution is -2.45. The lowest BCUT2D eigenvalue weighted by Gasteiger charge is -2.33. The molecular formula is C33H36ClF4N3O6. The lowest BCUT2D eigenvalue weighted by atomic mass is 9.87. The highest BCUT2D eigenvalue weighted by molar-refractivity contribution is 6.33. The maximum Gasteiger partial charge on any atom is 0.490 e. The van der Waals surface area contributed by atoms with Crippen molar-refractivity contribution >= 4 is 29.4 Å². The summed E-state index contributed by atoms with van der Waals surface area (Å²) in [6.07, 6.45) is -3.34. The van der Waals surface area contributed by atoms with Gasteiger partial charge in [-0.15, -0.1) is 0 Å². The standard InChI is InChI=1S/C31H35ClFN3O4.C2HF3O2/c1-20(37)36-14-12-23(13-15-36)35-19-26(21-6-4-3-5-7-21)22-8-10-27(32)25(18-22)29-24(31(34)38)9-11-28(30(29)33)40-17-16-39-2;3-2(4,5)1(6)7/h3-11,18,23,26,35H,12-17,19H2,1-2H3,(H2,34,38);(H,6,7). The van der Waals surface area contributed by atoms with Crippen LogP contribution in [0.15, 0.2) is 60.7 Å². The SMILES string of the molecule is COCCOc1ccc(C(N)=O)c(-c2cc(C(CNC3CCN(C(C)=O)CC3)c3ccccc3)ccc2Cl)c1F.O=C(O)C(F)(F)F. The van der Waals surface area contributed by atoms with Crippen LogP contribution in [0.5, 0.6) is 5.75 Å². The van der Waals surface area contributed by atoms with Crippen molar-refractivity contribution < 1.29 is 46.5 Å². The van der Waals surface area contributed by atoms with Crippen LogP contribution in [0.25, 0.3) is 11.1 Å². The first kappa shape index (κ1) is 37.3. The van der Waals surface area contributed by atoms with Gasteiger partial charge in [0.25, 0.3) is 0 Å². The zero-order chi connectivity index (χ0) is 34.7. The molecule has 1 aliphatic rings. The maximum absolute atomic E-state index is 15.8. The molecule has 9 nitrogen and oxygen atoms in total. The summed E-state index contributed by atoms with van der Waals surface area (Å²) in [7, 11) is 1.53. The van der Waals surface area contributed by atoms with Gasteiger partial charge in [-0.05, 0) is 48.2 Å². The van der Waals surface area contributed by atoms with Gasteiger partial charge < -0.3 is 30.5 Å². The van der Waals surface area contributed by atoms with Crippen LogP contribution in [0.4, 0.5) is 17.6 Å². The summed E-state index contributed by atoms with van der Waals surface area (Å²) >= 11 is 6.62. The van der Waals surface area contributed by atoms with E-state index in [9.17, 15) is 22.8 Å². The number of rotatable bonds is 11. The minimum atomic E-state index is -5.08. The third kappa shape index (κ3) is 10.4. The number of halogens is 5. The van der Waals surface area contributed by atoms with Crippen molar-refractivity contribution in [2.75, 3.05) is 40.0 Å². The number of carbonyl (C=O) groups excluding carboxylic acids is 2. The fraction of sp³-hybridized carbons (Fsp3) is 0.364. The molecule has 0 bridgehead atoms. The Morgan fingerprint density at radius 3 is 2.23 bits per heavy atom. The van der Waals surface area contributed by atoms with E-state index >= 15 is 4.39 Å². The topological polar surface area (TPSA) is 131 Å². The number of carboxylic acid groups (broad SMARTS) is 1. The van der Waals surface area contributed by atoms with Crippen molar-refractivity contribution in [2.24, 2.45) is 5.73 Å². The molecule has 1 aliphatic heterocycles. The predicted molar refractivity (Wildman–Crippen MR) is 168 cm³/mol. The van der Waals surface area contributed by atoms with Crippen molar-refractivity contribution in [2.45, 2.75) is 37.9 Å². The number of methoxy groups -OCH3 is 1. The number of carbonyl (C=O) groups is 3. The van der Waals surface area contributed by atoms with E-state index in [2.05, 4.69) is 17.4 Å². The number of nitrogens with one attached hydrogen (secondary N) is 1. The van der Waals surface area contributed by atoms with Gasteiger partial charge >= 0.3 is 12.1 Å². The zero-order valence-electron chi connectivity index (χ0n) is 25.8. The van der Waals surface area contributed by atoms with Gasteiger partial charge in [0.15, 0.2) is 11.6 Å². The van der Waals surface area contributed by atoms with E-state index in [0.29, 0.717) is 12.1 Å². The highest BCUT2D eigenvalue weighted by Crippen LogP contribution is 2.39. The largest absolute Gasteiger partial charge is 0.490 e. The van der Waals surface area contributed by atoms with Gasteiger partial charge in [0.05, 0.1) is 12.2 Å². The normalized spacial score (nSPS) is 14.1. The molecule has 1 saturated heterocycles. The molecule has 47 heavy (non-hydrogen) atoms. The third-order valence-electron chi connectivity index (χ3n) is 7.57. The number of carboxylic acids is 1. The molecule has 4 N–H and O–H groups in total. The molecule has 14 heteroatoms. The van der Waals surface area contributed by atoms with Crippen LogP contribution in [0.3, 0.4) is 0 Å². The summed E-state index contributed by atoms with van der Waals surface area (Å²) in [6.45, 7) is 4.11. The van der Waals surface area contributed by atoms with Crippen molar-refractivity contribution in [3.63, 3.8) is 0 Å². The Hall–Kier alpha value is -4.20. The molecule has 0 saturated carbocycles. The lowest BCUT2D eigenvalue weighted by molar-refractivity contribution is -0.192. The number of likely N-dealkylation sites (tertiary alicyclic amines) is 1. The fourth-order valence-corrected chi connectivity index (χ4v) is 5.33. The van der Waals surface area contributed by atoms with Crippen molar-refractivity contribution in [3.8, 4) is 16.9 Å². The van der Waals surface area contributed by atoms with Crippen molar-refractivity contribution in [3.05, 3.63) is 88.2 Å². The van der Waals surface area contributed by atoms with Gasteiger partial charge in [0.2, 0.25) is 11.8 Å². The number of ether oxygens (including phenoxy) is 2. The Labute approximate surface area is 274 Å². The second-order valence-corrected chi connectivity index (χ2v) is 11.1. The Morgan fingerprint density at radius 2 is 1.68 bits per heavy atom. The average Bonchev–Trinajstić information content (AvgIpc) is 3.03. The molecule has 254 valence electrons. The minimum absolute atomic E-state index is 0.00522. The Balaban J connectivity index is 0.000000771. The molecule has 0 aromatic heterocycles. The Kier molecular flexibility index (Phi) is 13.6. The number of primary amides is 1. The van der Waals surface area contributed by atoms with Crippen LogP contribution < -0.4 is 15.8 Å². The molecule has 2 amide bonds. The van der Waals surface area contributed by atoms with Gasteiger partial charge in [-0.2, -0.15) is 13.2 Å². The number of nitrogens with two attached hydrogens (primary N) is 1. The van der Waals surface area contributed by atoms with E-state index in [4.69, 9.17) is 36.7 Å². The van der Waals surface area contributed by atoms with Crippen LogP contribution in [-0.2, 0) is 14.3 Å². The monoisotopic (exact) mass is 681 g/mol. The van der Waals surface area contributed by atoms with Crippen LogP contribution in [0.1, 0.15) is 47.2 Å². The van der Waals surface area contributed by atoms with Crippen LogP contribution in [-0.4, -0.2) is 80.0 Å². The van der Waals surface area contributed by atoms with Crippen molar-refractivity contribution in [1.82, 2.24) is 10.2 Å².